The van der Waals surface area contributed by atoms with Gasteiger partial charge in [-0.1, -0.05) is 128 Å². The molecular formula is C58H76N2. The average Bonchev–Trinajstić information content (AvgIpc) is 3.74. The maximum absolute atomic E-state index is 5.52. The number of rotatable bonds is 5. The third-order valence-electron chi connectivity index (χ3n) is 20.1. The van der Waals surface area contributed by atoms with Crippen molar-refractivity contribution in [1.29, 1.82) is 0 Å². The van der Waals surface area contributed by atoms with E-state index in [1.807, 2.05) is 11.1 Å². The number of nitrogens with one attached hydrogen (secondary N) is 1. The van der Waals surface area contributed by atoms with Gasteiger partial charge in [0.05, 0.1) is 6.04 Å². The van der Waals surface area contributed by atoms with Crippen molar-refractivity contribution in [3.05, 3.63) is 107 Å². The van der Waals surface area contributed by atoms with Crippen LogP contribution in [0, 0.1) is 75.9 Å². The van der Waals surface area contributed by atoms with Crippen molar-refractivity contribution < 1.29 is 0 Å². The molecule has 318 valence electrons. The lowest BCUT2D eigenvalue weighted by Gasteiger charge is -2.47. The summed E-state index contributed by atoms with van der Waals surface area (Å²) in [6, 6.07) is 0.228. The zero-order chi connectivity index (χ0) is 39.7. The van der Waals surface area contributed by atoms with Gasteiger partial charge in [0, 0.05) is 17.5 Å². The molecule has 0 aromatic carbocycles. The number of allylic oxidation sites excluding steroid dienone is 16. The summed E-state index contributed by atoms with van der Waals surface area (Å²) < 4.78 is 0. The number of hydrogen-bond donors (Lipinski definition) is 1. The maximum Gasteiger partial charge on any atom is 0.105 e. The van der Waals surface area contributed by atoms with Crippen LogP contribution in [-0.4, -0.2) is 11.9 Å². The minimum absolute atomic E-state index is 0.228. The summed E-state index contributed by atoms with van der Waals surface area (Å²) in [6.07, 6.45) is 68.3. The Hall–Kier alpha value is -2.87. The van der Waals surface area contributed by atoms with E-state index in [0.29, 0.717) is 34.5 Å². The molecular weight excluding hydrogens is 725 g/mol. The zero-order valence-electron chi connectivity index (χ0n) is 37.1. The van der Waals surface area contributed by atoms with Crippen LogP contribution in [-0.2, 0) is 0 Å². The first-order valence-corrected chi connectivity index (χ1v) is 26.2. The summed E-state index contributed by atoms with van der Waals surface area (Å²) in [7, 11) is 0. The number of hydrogen-bond acceptors (Lipinski definition) is 2. The van der Waals surface area contributed by atoms with Crippen LogP contribution >= 0.6 is 0 Å². The van der Waals surface area contributed by atoms with Gasteiger partial charge < -0.3 is 5.32 Å². The van der Waals surface area contributed by atoms with E-state index in [2.05, 4.69) is 84.3 Å². The second-order valence-electron chi connectivity index (χ2n) is 22.6. The fraction of sp³-hybridized carbons (Fsp3) is 0.672. The quantitative estimate of drug-likeness (QED) is 0.275. The number of nitrogens with zero attached hydrogens (tertiary/aromatic N) is 1. The van der Waals surface area contributed by atoms with Gasteiger partial charge in [-0.3, -0.25) is 4.99 Å². The van der Waals surface area contributed by atoms with Crippen LogP contribution in [0.3, 0.4) is 0 Å². The fourth-order valence-electron chi connectivity index (χ4n) is 17.4. The molecule has 12 rings (SSSR count). The van der Waals surface area contributed by atoms with E-state index in [0.717, 1.165) is 47.8 Å². The molecule has 60 heavy (non-hydrogen) atoms. The fourth-order valence-corrected chi connectivity index (χ4v) is 17.4. The summed E-state index contributed by atoms with van der Waals surface area (Å²) in [5.74, 6) is 9.64. The average molecular weight is 801 g/mol. The molecule has 4 fully saturated rings. The molecule has 0 saturated heterocycles. The molecule has 12 atom stereocenters. The molecule has 12 aliphatic rings. The molecule has 12 unspecified atom stereocenters. The van der Waals surface area contributed by atoms with Gasteiger partial charge in [0.15, 0.2) is 0 Å². The van der Waals surface area contributed by atoms with Gasteiger partial charge in [0.25, 0.3) is 0 Å². The predicted molar refractivity (Wildman–Crippen MR) is 250 cm³/mol. The van der Waals surface area contributed by atoms with Crippen LogP contribution in [0.2, 0.25) is 0 Å². The number of fused-ring (bicyclic) bond motifs is 10. The Morgan fingerprint density at radius 1 is 0.633 bits per heavy atom. The molecule has 0 bridgehead atoms. The zero-order valence-corrected chi connectivity index (χ0v) is 37.1. The van der Waals surface area contributed by atoms with Gasteiger partial charge in [-0.2, -0.15) is 0 Å². The second-order valence-corrected chi connectivity index (χ2v) is 22.6. The Labute approximate surface area is 364 Å². The van der Waals surface area contributed by atoms with E-state index < -0.39 is 0 Å². The Balaban J connectivity index is 0.809. The SMILES string of the molecule is C1=CC(C2CC=CC3C2C2=CC4C(CC2C32CCCCC2)C2CCCC=C2C42CCCCC2)CC(C2CC=C(C3C=C(C4CC=CCC4)NC(C4CC=CCC4)=N3)CC2)=C1. The van der Waals surface area contributed by atoms with Crippen LogP contribution < -0.4 is 5.32 Å². The van der Waals surface area contributed by atoms with E-state index in [1.54, 1.807) is 11.1 Å². The summed E-state index contributed by atoms with van der Waals surface area (Å²) >= 11 is 0. The lowest BCUT2D eigenvalue weighted by molar-refractivity contribution is 0.0513. The molecule has 2 spiro atoms. The topological polar surface area (TPSA) is 24.4 Å². The highest BCUT2D eigenvalue weighted by Gasteiger charge is 2.65. The third-order valence-corrected chi connectivity index (χ3v) is 20.1. The van der Waals surface area contributed by atoms with E-state index in [4.69, 9.17) is 4.99 Å². The maximum atomic E-state index is 5.52. The van der Waals surface area contributed by atoms with Crippen LogP contribution in [0.5, 0.6) is 0 Å². The molecule has 2 heteroatoms. The van der Waals surface area contributed by atoms with Crippen molar-refractivity contribution in [2.75, 3.05) is 0 Å². The lowest BCUT2D eigenvalue weighted by Crippen LogP contribution is -2.39. The Morgan fingerprint density at radius 2 is 1.45 bits per heavy atom. The number of amidine groups is 1. The van der Waals surface area contributed by atoms with Crippen molar-refractivity contribution in [2.45, 2.75) is 167 Å². The second kappa shape index (κ2) is 16.0. The molecule has 11 aliphatic carbocycles. The van der Waals surface area contributed by atoms with Crippen molar-refractivity contribution in [3.63, 3.8) is 0 Å². The Kier molecular flexibility index (Phi) is 10.4. The van der Waals surface area contributed by atoms with Gasteiger partial charge in [-0.05, 0) is 198 Å². The highest BCUT2D eigenvalue weighted by atomic mass is 15.1. The van der Waals surface area contributed by atoms with E-state index >= 15 is 0 Å². The van der Waals surface area contributed by atoms with Crippen LogP contribution in [0.4, 0.5) is 0 Å². The minimum atomic E-state index is 0.228. The van der Waals surface area contributed by atoms with Crippen LogP contribution in [0.25, 0.3) is 0 Å². The van der Waals surface area contributed by atoms with Crippen molar-refractivity contribution >= 4 is 5.84 Å². The molecule has 2 nitrogen and oxygen atoms in total. The molecule has 4 saturated carbocycles. The molecule has 0 aromatic rings. The lowest BCUT2D eigenvalue weighted by atomic mass is 9.57. The predicted octanol–water partition coefficient (Wildman–Crippen LogP) is 14.8. The first kappa shape index (κ1) is 38.8. The summed E-state index contributed by atoms with van der Waals surface area (Å²) in [4.78, 5) is 5.52. The molecule has 1 aliphatic heterocycles. The van der Waals surface area contributed by atoms with E-state index in [9.17, 15) is 0 Å². The van der Waals surface area contributed by atoms with Gasteiger partial charge in [0.1, 0.15) is 5.84 Å². The van der Waals surface area contributed by atoms with Crippen molar-refractivity contribution in [2.24, 2.45) is 80.9 Å². The Morgan fingerprint density at radius 3 is 2.23 bits per heavy atom. The first-order chi connectivity index (χ1) is 29.7. The van der Waals surface area contributed by atoms with E-state index in [1.165, 1.54) is 166 Å². The molecule has 1 heterocycles. The summed E-state index contributed by atoms with van der Waals surface area (Å²) in [6.45, 7) is 0. The van der Waals surface area contributed by atoms with Gasteiger partial charge in [-0.15, -0.1) is 0 Å². The Bertz CT molecular complexity index is 1940. The van der Waals surface area contributed by atoms with Crippen molar-refractivity contribution in [1.82, 2.24) is 5.32 Å². The molecule has 0 radical (unpaired) electrons. The summed E-state index contributed by atoms with van der Waals surface area (Å²) in [5.41, 5.74) is 9.90. The van der Waals surface area contributed by atoms with Gasteiger partial charge >= 0.3 is 0 Å². The minimum Gasteiger partial charge on any atom is -0.347 e. The first-order valence-electron chi connectivity index (χ1n) is 26.2. The highest BCUT2D eigenvalue weighted by molar-refractivity contribution is 5.88. The largest absolute Gasteiger partial charge is 0.347 e. The van der Waals surface area contributed by atoms with Gasteiger partial charge in [-0.25, -0.2) is 0 Å². The molecule has 0 aromatic heterocycles. The highest BCUT2D eigenvalue weighted by Crippen LogP contribution is 2.73. The van der Waals surface area contributed by atoms with Gasteiger partial charge in [0.2, 0.25) is 0 Å². The van der Waals surface area contributed by atoms with Crippen LogP contribution in [0.1, 0.15) is 161 Å². The normalized spacial score (nSPS) is 42.4. The van der Waals surface area contributed by atoms with E-state index in [-0.39, 0.29) is 6.04 Å². The monoisotopic (exact) mass is 801 g/mol. The van der Waals surface area contributed by atoms with Crippen molar-refractivity contribution in [3.8, 4) is 0 Å². The third kappa shape index (κ3) is 6.46. The molecule has 1 N–H and O–H groups in total. The standard InChI is InChI=1S/C58H76N2/c1-5-17-40(18-6-1)53-38-54(60-56(59-53)42-19-7-2-8-20-42)41-29-27-39(28-30-41)43-21-15-22-44(35-43)45-24-16-26-50-55(45)48-37-51-47(36-52(48)58(50)33-13-4-14-34-58)46-23-9-10-25-49(46)57(51)31-11-3-12-32-57/h1-2,5,7,15-16,21-22,25-26,29,37-40,42,44-47,50-52,54-55H,3-4,6,8-14,17-20,23-24,27-28,30-36H2,(H,59,60). The summed E-state index contributed by atoms with van der Waals surface area (Å²) in [5, 5.41) is 3.94. The number of aliphatic imine (C=N–C) groups is 1. The molecule has 0 amide bonds. The van der Waals surface area contributed by atoms with Crippen LogP contribution in [0.15, 0.2) is 112 Å². The smallest absolute Gasteiger partial charge is 0.105 e.